The molecule has 0 radical (unpaired) electrons. The fraction of sp³-hybridized carbons (Fsp3) is 0.900. The van der Waals surface area contributed by atoms with E-state index in [1.807, 2.05) is 0 Å². The smallest absolute Gasteiger partial charge is 0.305 e. The first-order valence-electron chi connectivity index (χ1n) is 5.15. The third-order valence-corrected chi connectivity index (χ3v) is 2.19. The van der Waals surface area contributed by atoms with Gasteiger partial charge in [-0.1, -0.05) is 6.42 Å². The van der Waals surface area contributed by atoms with E-state index in [1.54, 1.807) is 6.92 Å². The monoisotopic (exact) mass is 220 g/mol. The summed E-state index contributed by atoms with van der Waals surface area (Å²) in [6.45, 7) is 2.25. The molecule has 3 nitrogen and oxygen atoms in total. The number of rotatable bonds is 8. The molecule has 0 aromatic heterocycles. The molecule has 0 rings (SSSR count). The summed E-state index contributed by atoms with van der Waals surface area (Å²) in [7, 11) is 0. The highest BCUT2D eigenvalue weighted by molar-refractivity contribution is 7.80. The second-order valence-corrected chi connectivity index (χ2v) is 3.66. The van der Waals surface area contributed by atoms with E-state index in [0.717, 1.165) is 25.7 Å². The molecule has 0 aliphatic rings. The van der Waals surface area contributed by atoms with Crippen LogP contribution in [0.25, 0.3) is 0 Å². The van der Waals surface area contributed by atoms with Crippen molar-refractivity contribution in [1.29, 1.82) is 0 Å². The predicted octanol–water partition coefficient (Wildman–Crippen LogP) is 1.79. The van der Waals surface area contributed by atoms with Crippen LogP contribution in [0.3, 0.4) is 0 Å². The first-order chi connectivity index (χ1) is 6.70. The zero-order valence-electron chi connectivity index (χ0n) is 8.74. The lowest BCUT2D eigenvalue weighted by molar-refractivity contribution is -0.143. The summed E-state index contributed by atoms with van der Waals surface area (Å²) in [5, 5.41) is 9.35. The maximum absolute atomic E-state index is 10.9. The molecular weight excluding hydrogens is 200 g/mol. The summed E-state index contributed by atoms with van der Waals surface area (Å²) in [5.74, 6) is 0.565. The number of carbonyl (C=O) groups is 1. The Morgan fingerprint density at radius 1 is 1.43 bits per heavy atom. The van der Waals surface area contributed by atoms with Crippen molar-refractivity contribution in [1.82, 2.24) is 0 Å². The highest BCUT2D eigenvalue weighted by atomic mass is 32.1. The highest BCUT2D eigenvalue weighted by Crippen LogP contribution is 2.07. The fourth-order valence-electron chi connectivity index (χ4n) is 1.18. The molecule has 0 fully saturated rings. The first-order valence-corrected chi connectivity index (χ1v) is 5.78. The molecule has 0 spiro atoms. The van der Waals surface area contributed by atoms with Crippen molar-refractivity contribution >= 4 is 18.6 Å². The Balaban J connectivity index is 3.24. The van der Waals surface area contributed by atoms with Gasteiger partial charge in [0.1, 0.15) is 0 Å². The van der Waals surface area contributed by atoms with E-state index >= 15 is 0 Å². The number of unbranched alkanes of at least 4 members (excludes halogenated alkanes) is 1. The number of hydrogen-bond donors (Lipinski definition) is 2. The Morgan fingerprint density at radius 3 is 2.71 bits per heavy atom. The topological polar surface area (TPSA) is 46.5 Å². The summed E-state index contributed by atoms with van der Waals surface area (Å²) in [6.07, 6.45) is 3.33. The Bertz CT molecular complexity index is 150. The quantitative estimate of drug-likeness (QED) is 0.372. The van der Waals surface area contributed by atoms with E-state index in [-0.39, 0.29) is 12.1 Å². The van der Waals surface area contributed by atoms with Gasteiger partial charge in [0.25, 0.3) is 0 Å². The fourth-order valence-corrected chi connectivity index (χ4v) is 1.47. The molecule has 0 bridgehead atoms. The van der Waals surface area contributed by atoms with Crippen molar-refractivity contribution in [2.24, 2.45) is 0 Å². The van der Waals surface area contributed by atoms with Gasteiger partial charge in [-0.05, 0) is 31.9 Å². The van der Waals surface area contributed by atoms with E-state index in [9.17, 15) is 9.90 Å². The highest BCUT2D eigenvalue weighted by Gasteiger charge is 2.04. The molecule has 0 aromatic rings. The van der Waals surface area contributed by atoms with Gasteiger partial charge in [-0.2, -0.15) is 12.6 Å². The van der Waals surface area contributed by atoms with Gasteiger partial charge in [0.05, 0.1) is 12.7 Å². The number of aliphatic hydroxyl groups excluding tert-OH is 1. The van der Waals surface area contributed by atoms with Crippen LogP contribution in [-0.4, -0.2) is 29.5 Å². The maximum atomic E-state index is 10.9. The zero-order valence-corrected chi connectivity index (χ0v) is 9.63. The standard InChI is InChI=1S/C10H20O3S/c1-2-13-10(12)6-4-3-5-9(11)7-8-14/h9,11,14H,2-8H2,1H3. The number of aliphatic hydroxyl groups is 1. The normalized spacial score (nSPS) is 12.5. The SMILES string of the molecule is CCOC(=O)CCCCC(O)CCS. The Morgan fingerprint density at radius 2 is 2.14 bits per heavy atom. The molecule has 1 atom stereocenters. The van der Waals surface area contributed by atoms with Gasteiger partial charge in [-0.25, -0.2) is 0 Å². The molecular formula is C10H20O3S. The van der Waals surface area contributed by atoms with Gasteiger partial charge < -0.3 is 9.84 Å². The van der Waals surface area contributed by atoms with Crippen molar-refractivity contribution < 1.29 is 14.6 Å². The van der Waals surface area contributed by atoms with Gasteiger partial charge in [-0.15, -0.1) is 0 Å². The second-order valence-electron chi connectivity index (χ2n) is 3.22. The van der Waals surface area contributed by atoms with E-state index in [0.29, 0.717) is 18.8 Å². The van der Waals surface area contributed by atoms with Crippen molar-refractivity contribution in [2.45, 2.75) is 45.1 Å². The van der Waals surface area contributed by atoms with Crippen LogP contribution in [0, 0.1) is 0 Å². The largest absolute Gasteiger partial charge is 0.466 e. The minimum Gasteiger partial charge on any atom is -0.466 e. The average Bonchev–Trinajstić information content (AvgIpc) is 2.13. The lowest BCUT2D eigenvalue weighted by Crippen LogP contribution is -2.08. The van der Waals surface area contributed by atoms with Gasteiger partial charge in [0, 0.05) is 6.42 Å². The van der Waals surface area contributed by atoms with Gasteiger partial charge in [0.15, 0.2) is 0 Å². The number of carbonyl (C=O) groups excluding carboxylic acids is 1. The van der Waals surface area contributed by atoms with Gasteiger partial charge in [0.2, 0.25) is 0 Å². The number of esters is 1. The molecule has 14 heavy (non-hydrogen) atoms. The molecule has 0 aromatic carbocycles. The first kappa shape index (κ1) is 13.8. The summed E-state index contributed by atoms with van der Waals surface area (Å²) >= 11 is 4.03. The third kappa shape index (κ3) is 8.38. The minimum absolute atomic E-state index is 0.142. The van der Waals surface area contributed by atoms with Crippen LogP contribution in [0.15, 0.2) is 0 Å². The molecule has 0 saturated carbocycles. The molecule has 0 amide bonds. The van der Waals surface area contributed by atoms with Crippen LogP contribution in [0.4, 0.5) is 0 Å². The van der Waals surface area contributed by atoms with E-state index in [2.05, 4.69) is 12.6 Å². The molecule has 4 heteroatoms. The van der Waals surface area contributed by atoms with Crippen molar-refractivity contribution in [3.8, 4) is 0 Å². The van der Waals surface area contributed by atoms with E-state index in [1.165, 1.54) is 0 Å². The lowest BCUT2D eigenvalue weighted by atomic mass is 10.1. The molecule has 0 heterocycles. The zero-order chi connectivity index (χ0) is 10.8. The second kappa shape index (κ2) is 9.34. The summed E-state index contributed by atoms with van der Waals surface area (Å²) in [5.41, 5.74) is 0. The Labute approximate surface area is 91.2 Å². The van der Waals surface area contributed by atoms with Crippen molar-refractivity contribution in [3.63, 3.8) is 0 Å². The molecule has 0 saturated heterocycles. The molecule has 0 aliphatic carbocycles. The third-order valence-electron chi connectivity index (χ3n) is 1.94. The van der Waals surface area contributed by atoms with Gasteiger partial charge in [-0.3, -0.25) is 4.79 Å². The van der Waals surface area contributed by atoms with Crippen LogP contribution in [0.5, 0.6) is 0 Å². The molecule has 1 unspecified atom stereocenters. The van der Waals surface area contributed by atoms with Crippen LogP contribution < -0.4 is 0 Å². The van der Waals surface area contributed by atoms with Crippen LogP contribution in [-0.2, 0) is 9.53 Å². The van der Waals surface area contributed by atoms with Crippen LogP contribution in [0.1, 0.15) is 39.0 Å². The Hall–Kier alpha value is -0.220. The minimum atomic E-state index is -0.269. The molecule has 84 valence electrons. The predicted molar refractivity (Wildman–Crippen MR) is 59.6 cm³/mol. The number of hydrogen-bond acceptors (Lipinski definition) is 4. The van der Waals surface area contributed by atoms with E-state index in [4.69, 9.17) is 4.74 Å². The summed E-state index contributed by atoms with van der Waals surface area (Å²) < 4.78 is 4.78. The average molecular weight is 220 g/mol. The van der Waals surface area contributed by atoms with Crippen LogP contribution in [0.2, 0.25) is 0 Å². The Kier molecular flexibility index (Phi) is 9.19. The van der Waals surface area contributed by atoms with Crippen LogP contribution >= 0.6 is 12.6 Å². The number of thiol groups is 1. The lowest BCUT2D eigenvalue weighted by Gasteiger charge is -2.07. The molecule has 1 N–H and O–H groups in total. The van der Waals surface area contributed by atoms with Crippen molar-refractivity contribution in [2.75, 3.05) is 12.4 Å². The summed E-state index contributed by atoms with van der Waals surface area (Å²) in [4.78, 5) is 10.9. The summed E-state index contributed by atoms with van der Waals surface area (Å²) in [6, 6.07) is 0. The molecule has 0 aliphatic heterocycles. The van der Waals surface area contributed by atoms with E-state index < -0.39 is 0 Å². The number of ether oxygens (including phenoxy) is 1. The van der Waals surface area contributed by atoms with Gasteiger partial charge >= 0.3 is 5.97 Å². The van der Waals surface area contributed by atoms with Crippen molar-refractivity contribution in [3.05, 3.63) is 0 Å². The maximum Gasteiger partial charge on any atom is 0.305 e.